The molecule has 2 bridgehead atoms. The molecule has 2 atom stereocenters. The molecule has 2 heterocycles. The number of carbonyl (C=O) groups is 1. The number of nitrogens with two attached hydrogens (primary N) is 1. The van der Waals surface area contributed by atoms with Gasteiger partial charge in [-0.05, 0) is 30.5 Å². The fourth-order valence-corrected chi connectivity index (χ4v) is 2.96. The Hall–Kier alpha value is -1.43. The number of ether oxygens (including phenoxy) is 1. The van der Waals surface area contributed by atoms with Crippen LogP contribution < -0.4 is 11.1 Å². The Morgan fingerprint density at radius 3 is 2.50 bits per heavy atom. The molecule has 0 aromatic heterocycles. The van der Waals surface area contributed by atoms with Gasteiger partial charge in [-0.3, -0.25) is 9.69 Å². The number of carbonyl (C=O) groups excluding carboxylic acids is 1. The van der Waals surface area contributed by atoms with Crippen molar-refractivity contribution in [2.75, 3.05) is 25.0 Å². The number of morpholine rings is 1. The Bertz CT molecular complexity index is 463. The molecule has 2 fully saturated rings. The van der Waals surface area contributed by atoms with Gasteiger partial charge in [-0.1, -0.05) is 12.1 Å². The predicted molar refractivity (Wildman–Crippen MR) is 77.3 cm³/mol. The Labute approximate surface area is 119 Å². The molecule has 0 spiro atoms. The van der Waals surface area contributed by atoms with Gasteiger partial charge in [0.15, 0.2) is 0 Å². The molecule has 3 N–H and O–H groups in total. The monoisotopic (exact) mass is 275 g/mol. The zero-order chi connectivity index (χ0) is 13.9. The molecular formula is C15H21N3O2. The van der Waals surface area contributed by atoms with Crippen LogP contribution in [0.5, 0.6) is 0 Å². The molecule has 5 nitrogen and oxygen atoms in total. The lowest BCUT2D eigenvalue weighted by atomic mass is 10.2. The average Bonchev–Trinajstić information content (AvgIpc) is 2.78. The number of nitrogens with one attached hydrogen (secondary N) is 1. The van der Waals surface area contributed by atoms with E-state index in [9.17, 15) is 4.79 Å². The van der Waals surface area contributed by atoms with E-state index in [1.54, 1.807) is 0 Å². The molecule has 2 aliphatic rings. The van der Waals surface area contributed by atoms with Crippen LogP contribution in [-0.2, 0) is 16.1 Å². The van der Waals surface area contributed by atoms with E-state index in [0.29, 0.717) is 25.3 Å². The van der Waals surface area contributed by atoms with Crippen LogP contribution >= 0.6 is 0 Å². The van der Waals surface area contributed by atoms with Crippen LogP contribution in [0.25, 0.3) is 0 Å². The molecule has 108 valence electrons. The molecule has 0 aliphatic carbocycles. The molecule has 5 heteroatoms. The van der Waals surface area contributed by atoms with Gasteiger partial charge < -0.3 is 15.8 Å². The van der Waals surface area contributed by atoms with Crippen LogP contribution in [0.1, 0.15) is 18.4 Å². The number of benzene rings is 1. The number of amides is 1. The molecule has 2 aliphatic heterocycles. The van der Waals surface area contributed by atoms with Gasteiger partial charge in [0.25, 0.3) is 0 Å². The Kier molecular flexibility index (Phi) is 4.00. The third kappa shape index (κ3) is 3.17. The molecule has 2 unspecified atom stereocenters. The zero-order valence-electron chi connectivity index (χ0n) is 11.5. The first-order valence-corrected chi connectivity index (χ1v) is 7.19. The molecule has 20 heavy (non-hydrogen) atoms. The van der Waals surface area contributed by atoms with Gasteiger partial charge in [-0.15, -0.1) is 0 Å². The number of rotatable bonds is 4. The maximum Gasteiger partial charge on any atom is 0.238 e. The maximum atomic E-state index is 12.1. The minimum Gasteiger partial charge on any atom is -0.372 e. The highest BCUT2D eigenvalue weighted by Crippen LogP contribution is 2.25. The van der Waals surface area contributed by atoms with Crippen molar-refractivity contribution in [2.45, 2.75) is 31.6 Å². The highest BCUT2D eigenvalue weighted by Gasteiger charge is 2.34. The topological polar surface area (TPSA) is 67.6 Å². The average molecular weight is 275 g/mol. The highest BCUT2D eigenvalue weighted by atomic mass is 16.5. The maximum absolute atomic E-state index is 12.1. The zero-order valence-corrected chi connectivity index (χ0v) is 11.5. The summed E-state index contributed by atoms with van der Waals surface area (Å²) in [7, 11) is 0. The van der Waals surface area contributed by atoms with Gasteiger partial charge in [-0.2, -0.15) is 0 Å². The first kappa shape index (κ1) is 13.5. The van der Waals surface area contributed by atoms with E-state index < -0.39 is 0 Å². The van der Waals surface area contributed by atoms with Gasteiger partial charge in [0, 0.05) is 25.3 Å². The quantitative estimate of drug-likeness (QED) is 0.858. The minimum absolute atomic E-state index is 0.0341. The van der Waals surface area contributed by atoms with E-state index >= 15 is 0 Å². The summed E-state index contributed by atoms with van der Waals surface area (Å²) in [6, 6.07) is 7.65. The van der Waals surface area contributed by atoms with Gasteiger partial charge in [0.05, 0.1) is 18.8 Å². The lowest BCUT2D eigenvalue weighted by molar-refractivity contribution is -0.119. The second kappa shape index (κ2) is 5.91. The van der Waals surface area contributed by atoms with E-state index in [1.807, 2.05) is 24.3 Å². The molecule has 1 aromatic carbocycles. The molecule has 0 saturated carbocycles. The molecule has 0 radical (unpaired) electrons. The summed E-state index contributed by atoms with van der Waals surface area (Å²) in [5.41, 5.74) is 7.44. The first-order chi connectivity index (χ1) is 9.72. The lowest BCUT2D eigenvalue weighted by Gasteiger charge is -2.31. The Morgan fingerprint density at radius 2 is 1.90 bits per heavy atom. The van der Waals surface area contributed by atoms with Gasteiger partial charge in [-0.25, -0.2) is 0 Å². The second-order valence-corrected chi connectivity index (χ2v) is 5.60. The van der Waals surface area contributed by atoms with Crippen molar-refractivity contribution in [2.24, 2.45) is 5.73 Å². The fraction of sp³-hybridized carbons (Fsp3) is 0.533. The van der Waals surface area contributed by atoms with Crippen LogP contribution in [0.4, 0.5) is 5.69 Å². The number of nitrogens with zero attached hydrogens (tertiary/aromatic N) is 1. The summed E-state index contributed by atoms with van der Waals surface area (Å²) in [5, 5.41) is 2.93. The minimum atomic E-state index is 0.0341. The molecule has 3 rings (SSSR count). The summed E-state index contributed by atoms with van der Waals surface area (Å²) >= 11 is 0. The van der Waals surface area contributed by atoms with Crippen molar-refractivity contribution in [3.8, 4) is 0 Å². The summed E-state index contributed by atoms with van der Waals surface area (Å²) in [5.74, 6) is 0.0341. The SMILES string of the molecule is NCc1ccc(NC(=O)CN2CC3CCC(C2)O3)cc1. The van der Waals surface area contributed by atoms with Gasteiger partial charge in [0.2, 0.25) is 5.91 Å². The van der Waals surface area contributed by atoms with Crippen molar-refractivity contribution in [1.29, 1.82) is 0 Å². The number of hydrogen-bond acceptors (Lipinski definition) is 4. The van der Waals surface area contributed by atoms with Crippen LogP contribution in [0.15, 0.2) is 24.3 Å². The fourth-order valence-electron chi connectivity index (χ4n) is 2.96. The van der Waals surface area contributed by atoms with E-state index in [-0.39, 0.29) is 5.91 Å². The number of likely N-dealkylation sites (tertiary alicyclic amines) is 1. The Balaban J connectivity index is 1.51. The van der Waals surface area contributed by atoms with E-state index in [2.05, 4.69) is 10.2 Å². The predicted octanol–water partition coefficient (Wildman–Crippen LogP) is 0.947. The standard InChI is InChI=1S/C15H21N3O2/c16-7-11-1-3-12(4-2-11)17-15(19)10-18-8-13-5-6-14(9-18)20-13/h1-4,13-14H,5-10,16H2,(H,17,19). The van der Waals surface area contributed by atoms with Gasteiger partial charge >= 0.3 is 0 Å². The summed E-state index contributed by atoms with van der Waals surface area (Å²) in [6.07, 6.45) is 2.91. The lowest BCUT2D eigenvalue weighted by Crippen LogP contribution is -2.45. The molecule has 1 amide bonds. The summed E-state index contributed by atoms with van der Waals surface area (Å²) in [4.78, 5) is 14.2. The van der Waals surface area contributed by atoms with Crippen molar-refractivity contribution in [3.63, 3.8) is 0 Å². The van der Waals surface area contributed by atoms with Crippen LogP contribution in [-0.4, -0.2) is 42.6 Å². The second-order valence-electron chi connectivity index (χ2n) is 5.60. The van der Waals surface area contributed by atoms with Crippen molar-refractivity contribution in [1.82, 2.24) is 4.90 Å². The summed E-state index contributed by atoms with van der Waals surface area (Å²) < 4.78 is 5.77. The number of hydrogen-bond donors (Lipinski definition) is 2. The van der Waals surface area contributed by atoms with Crippen molar-refractivity contribution in [3.05, 3.63) is 29.8 Å². The van der Waals surface area contributed by atoms with Crippen molar-refractivity contribution >= 4 is 11.6 Å². The number of anilines is 1. The van der Waals surface area contributed by atoms with E-state index in [4.69, 9.17) is 10.5 Å². The number of fused-ring (bicyclic) bond motifs is 2. The third-order valence-corrected chi connectivity index (χ3v) is 3.96. The largest absolute Gasteiger partial charge is 0.372 e. The molecule has 1 aromatic rings. The van der Waals surface area contributed by atoms with E-state index in [0.717, 1.165) is 37.2 Å². The van der Waals surface area contributed by atoms with Crippen LogP contribution in [0.3, 0.4) is 0 Å². The molecule has 2 saturated heterocycles. The third-order valence-electron chi connectivity index (χ3n) is 3.96. The first-order valence-electron chi connectivity index (χ1n) is 7.19. The summed E-state index contributed by atoms with van der Waals surface area (Å²) in [6.45, 7) is 2.70. The van der Waals surface area contributed by atoms with Crippen LogP contribution in [0.2, 0.25) is 0 Å². The molecular weight excluding hydrogens is 254 g/mol. The smallest absolute Gasteiger partial charge is 0.238 e. The Morgan fingerprint density at radius 1 is 1.25 bits per heavy atom. The van der Waals surface area contributed by atoms with Gasteiger partial charge in [0.1, 0.15) is 0 Å². The normalized spacial score (nSPS) is 25.6. The van der Waals surface area contributed by atoms with Crippen LogP contribution in [0, 0.1) is 0 Å². The van der Waals surface area contributed by atoms with E-state index in [1.165, 1.54) is 0 Å². The van der Waals surface area contributed by atoms with Crippen molar-refractivity contribution < 1.29 is 9.53 Å². The highest BCUT2D eigenvalue weighted by molar-refractivity contribution is 5.92.